The molecule has 0 N–H and O–H groups in total. The molecule has 0 amide bonds. The van der Waals surface area contributed by atoms with Crippen molar-refractivity contribution in [3.05, 3.63) is 48.0 Å². The average Bonchev–Trinajstić information content (AvgIpc) is 2.42. The summed E-state index contributed by atoms with van der Waals surface area (Å²) in [5, 5.41) is 2.67. The van der Waals surface area contributed by atoms with Crippen LogP contribution in [0.5, 0.6) is 0 Å². The monoisotopic (exact) mass is 246 g/mol. The fraction of sp³-hybridized carbons (Fsp3) is 0.444. The van der Waals surface area contributed by atoms with E-state index in [1.165, 1.54) is 16.3 Å². The van der Waals surface area contributed by atoms with Gasteiger partial charge in [-0.3, -0.25) is 0 Å². The Morgan fingerprint density at radius 2 is 1.22 bits per heavy atom. The van der Waals surface area contributed by atoms with Gasteiger partial charge in [-0.15, -0.1) is 0 Å². The highest BCUT2D eigenvalue weighted by Crippen LogP contribution is 2.20. The number of rotatable bonds is 1. The van der Waals surface area contributed by atoms with Gasteiger partial charge in [-0.2, -0.15) is 0 Å². The van der Waals surface area contributed by atoms with Gasteiger partial charge >= 0.3 is 0 Å². The van der Waals surface area contributed by atoms with Crippen LogP contribution in [0.15, 0.2) is 42.5 Å². The van der Waals surface area contributed by atoms with Crippen LogP contribution in [0.2, 0.25) is 0 Å². The number of fused-ring (bicyclic) bond motifs is 1. The first-order valence-corrected chi connectivity index (χ1v) is 6.76. The topological polar surface area (TPSA) is 0 Å². The van der Waals surface area contributed by atoms with Crippen molar-refractivity contribution < 1.29 is 0 Å². The van der Waals surface area contributed by atoms with Crippen LogP contribution < -0.4 is 0 Å². The third-order valence-electron chi connectivity index (χ3n) is 2.44. The lowest BCUT2D eigenvalue weighted by atomic mass is 9.99. The Balaban J connectivity index is 0. The minimum absolute atomic E-state index is 0. The smallest absolute Gasteiger partial charge is 0.0181 e. The Bertz CT molecular complexity index is 413. The third-order valence-corrected chi connectivity index (χ3v) is 2.44. The highest BCUT2D eigenvalue weighted by molar-refractivity contribution is 5.83. The lowest BCUT2D eigenvalue weighted by Gasteiger charge is -2.06. The molecule has 0 aromatic heterocycles. The average molecular weight is 246 g/mol. The summed E-state index contributed by atoms with van der Waals surface area (Å²) in [7, 11) is 0. The molecular weight excluding hydrogens is 216 g/mol. The van der Waals surface area contributed by atoms with Crippen molar-refractivity contribution in [3.8, 4) is 0 Å². The summed E-state index contributed by atoms with van der Waals surface area (Å²) in [6.07, 6.45) is 0. The summed E-state index contributed by atoms with van der Waals surface area (Å²) in [5.74, 6) is 0.615. The molecule has 0 aliphatic heterocycles. The van der Waals surface area contributed by atoms with Crippen molar-refractivity contribution in [3.63, 3.8) is 0 Å². The molecule has 0 spiro atoms. The van der Waals surface area contributed by atoms with Crippen LogP contribution in [0.25, 0.3) is 10.8 Å². The molecule has 102 valence electrons. The van der Waals surface area contributed by atoms with Crippen molar-refractivity contribution in [2.75, 3.05) is 0 Å². The van der Waals surface area contributed by atoms with Gasteiger partial charge in [0, 0.05) is 0 Å². The molecule has 0 radical (unpaired) electrons. The first-order chi connectivity index (χ1) is 8.27. The van der Waals surface area contributed by atoms with Crippen molar-refractivity contribution >= 4 is 10.8 Å². The Kier molecular flexibility index (Phi) is 11.5. The standard InChI is InChI=1S/C13H14.2C2H6.CH4/c1-10(2)12-8-7-11-5-3-4-6-13(11)9-12;2*1-2;/h3-10H,1-2H3;2*1-2H3;1H4. The molecule has 0 fully saturated rings. The van der Waals surface area contributed by atoms with Gasteiger partial charge in [0.1, 0.15) is 0 Å². The largest absolute Gasteiger partial charge is 0.0776 e. The summed E-state index contributed by atoms with van der Waals surface area (Å²) in [5.41, 5.74) is 1.42. The first kappa shape index (κ1) is 19.0. The van der Waals surface area contributed by atoms with Crippen LogP contribution in [0, 0.1) is 0 Å². The molecule has 18 heavy (non-hydrogen) atoms. The Morgan fingerprint density at radius 1 is 0.722 bits per heavy atom. The van der Waals surface area contributed by atoms with Gasteiger partial charge in [0.25, 0.3) is 0 Å². The fourth-order valence-corrected chi connectivity index (χ4v) is 1.57. The summed E-state index contributed by atoms with van der Waals surface area (Å²) >= 11 is 0. The molecule has 0 aliphatic carbocycles. The lowest BCUT2D eigenvalue weighted by molar-refractivity contribution is 0.869. The molecule has 2 aromatic carbocycles. The van der Waals surface area contributed by atoms with E-state index in [2.05, 4.69) is 56.3 Å². The zero-order valence-corrected chi connectivity index (χ0v) is 12.1. The molecule has 0 saturated carbocycles. The minimum atomic E-state index is 0. The SMILES string of the molecule is C.CC.CC.CC(C)c1ccc2ccccc2c1. The van der Waals surface area contributed by atoms with E-state index in [-0.39, 0.29) is 7.43 Å². The van der Waals surface area contributed by atoms with Crippen molar-refractivity contribution in [2.24, 2.45) is 0 Å². The Hall–Kier alpha value is -1.30. The zero-order valence-electron chi connectivity index (χ0n) is 12.1. The van der Waals surface area contributed by atoms with Crippen LogP contribution in [0.1, 0.15) is 60.5 Å². The quantitative estimate of drug-likeness (QED) is 0.528. The van der Waals surface area contributed by atoms with Gasteiger partial charge in [-0.05, 0) is 22.3 Å². The maximum absolute atomic E-state index is 2.28. The van der Waals surface area contributed by atoms with Crippen LogP contribution in [-0.2, 0) is 0 Å². The third kappa shape index (κ3) is 5.35. The van der Waals surface area contributed by atoms with Gasteiger partial charge in [0.2, 0.25) is 0 Å². The molecule has 0 heterocycles. The molecule has 2 rings (SSSR count). The molecule has 0 unspecified atom stereocenters. The minimum Gasteiger partial charge on any atom is -0.0776 e. The highest BCUT2D eigenvalue weighted by Gasteiger charge is 1.99. The molecule has 0 nitrogen and oxygen atoms in total. The van der Waals surface area contributed by atoms with E-state index in [1.54, 1.807) is 0 Å². The van der Waals surface area contributed by atoms with Crippen molar-refractivity contribution in [1.82, 2.24) is 0 Å². The lowest BCUT2D eigenvalue weighted by Crippen LogP contribution is -1.85. The van der Waals surface area contributed by atoms with E-state index in [0.717, 1.165) is 0 Å². The maximum atomic E-state index is 2.28. The van der Waals surface area contributed by atoms with E-state index in [4.69, 9.17) is 0 Å². The van der Waals surface area contributed by atoms with E-state index < -0.39 is 0 Å². The zero-order chi connectivity index (χ0) is 13.3. The number of hydrogen-bond donors (Lipinski definition) is 0. The van der Waals surface area contributed by atoms with Crippen LogP contribution in [0.3, 0.4) is 0 Å². The molecule has 2 aromatic rings. The van der Waals surface area contributed by atoms with Crippen LogP contribution in [-0.4, -0.2) is 0 Å². The molecule has 0 bridgehead atoms. The summed E-state index contributed by atoms with van der Waals surface area (Å²) in [6.45, 7) is 12.5. The second kappa shape index (κ2) is 10.8. The van der Waals surface area contributed by atoms with E-state index >= 15 is 0 Å². The van der Waals surface area contributed by atoms with E-state index in [0.29, 0.717) is 5.92 Å². The van der Waals surface area contributed by atoms with E-state index in [1.807, 2.05) is 27.7 Å². The predicted molar refractivity (Wildman–Crippen MR) is 87.5 cm³/mol. The van der Waals surface area contributed by atoms with E-state index in [9.17, 15) is 0 Å². The molecule has 0 saturated heterocycles. The molecule has 0 heteroatoms. The van der Waals surface area contributed by atoms with Gasteiger partial charge in [0.15, 0.2) is 0 Å². The van der Waals surface area contributed by atoms with Gasteiger partial charge in [0.05, 0.1) is 0 Å². The second-order valence-corrected chi connectivity index (χ2v) is 3.76. The molecule has 0 aliphatic rings. The molecule has 0 atom stereocenters. The number of hydrogen-bond acceptors (Lipinski definition) is 0. The number of benzene rings is 2. The molecular formula is C18H30. The maximum Gasteiger partial charge on any atom is -0.0181 e. The van der Waals surface area contributed by atoms with Gasteiger partial charge in [-0.1, -0.05) is 91.4 Å². The van der Waals surface area contributed by atoms with Gasteiger partial charge < -0.3 is 0 Å². The first-order valence-electron chi connectivity index (χ1n) is 6.76. The van der Waals surface area contributed by atoms with Crippen LogP contribution >= 0.6 is 0 Å². The van der Waals surface area contributed by atoms with Crippen molar-refractivity contribution in [1.29, 1.82) is 0 Å². The summed E-state index contributed by atoms with van der Waals surface area (Å²) in [4.78, 5) is 0. The fourth-order valence-electron chi connectivity index (χ4n) is 1.57. The van der Waals surface area contributed by atoms with Crippen LogP contribution in [0.4, 0.5) is 0 Å². The normalized spacial score (nSPS) is 8.61. The summed E-state index contributed by atoms with van der Waals surface area (Å²) in [6, 6.07) is 15.2. The second-order valence-electron chi connectivity index (χ2n) is 3.76. The highest BCUT2D eigenvalue weighted by atomic mass is 14.0. The predicted octanol–water partition coefficient (Wildman–Crippen LogP) is 6.65. The van der Waals surface area contributed by atoms with Gasteiger partial charge in [-0.25, -0.2) is 0 Å². The summed E-state index contributed by atoms with van der Waals surface area (Å²) < 4.78 is 0. The Labute approximate surface area is 114 Å². The Morgan fingerprint density at radius 3 is 1.72 bits per heavy atom. The van der Waals surface area contributed by atoms with Crippen molar-refractivity contribution in [2.45, 2.75) is 54.9 Å².